The average Bonchev–Trinajstić information content (AvgIpc) is 2.87. The van der Waals surface area contributed by atoms with Crippen molar-refractivity contribution in [3.8, 4) is 5.75 Å². The van der Waals surface area contributed by atoms with E-state index >= 15 is 0 Å². The number of ether oxygens (including phenoxy) is 2. The molecule has 2 aromatic rings. The minimum absolute atomic E-state index is 0.147. The maximum Gasteiger partial charge on any atom is 0.132 e. The Kier molecular flexibility index (Phi) is 5.68. The second kappa shape index (κ2) is 8.14. The molecule has 1 fully saturated rings. The zero-order valence-electron chi connectivity index (χ0n) is 15.2. The zero-order chi connectivity index (χ0) is 18.5. The van der Waals surface area contributed by atoms with Crippen LogP contribution in [0.25, 0.3) is 0 Å². The zero-order valence-corrected chi connectivity index (χ0v) is 15.2. The van der Waals surface area contributed by atoms with Crippen LogP contribution >= 0.6 is 0 Å². The van der Waals surface area contributed by atoms with Crippen LogP contribution < -0.4 is 15.4 Å². The summed E-state index contributed by atoms with van der Waals surface area (Å²) in [7, 11) is 0. The van der Waals surface area contributed by atoms with Gasteiger partial charge in [0.15, 0.2) is 0 Å². The third kappa shape index (κ3) is 4.11. The van der Waals surface area contributed by atoms with Gasteiger partial charge in [0, 0.05) is 37.0 Å². The van der Waals surface area contributed by atoms with Crippen LogP contribution in [0.1, 0.15) is 31.5 Å². The lowest BCUT2D eigenvalue weighted by atomic mass is 10.0. The second-order valence-electron chi connectivity index (χ2n) is 6.30. The highest BCUT2D eigenvalue weighted by molar-refractivity contribution is 6.13. The smallest absolute Gasteiger partial charge is 0.132 e. The Morgan fingerprint density at radius 3 is 3.04 bits per heavy atom. The Labute approximate surface area is 153 Å². The summed E-state index contributed by atoms with van der Waals surface area (Å²) in [5.41, 5.74) is 8.00. The average molecular weight is 355 g/mol. The summed E-state index contributed by atoms with van der Waals surface area (Å²) in [6, 6.07) is 7.18. The number of nitrogens with zero attached hydrogens (tertiary/aromatic N) is 3. The van der Waals surface area contributed by atoms with Gasteiger partial charge in [-0.3, -0.25) is 5.41 Å². The van der Waals surface area contributed by atoms with Crippen LogP contribution in [0.2, 0.25) is 0 Å². The molecule has 2 heterocycles. The molecule has 1 aliphatic heterocycles. The van der Waals surface area contributed by atoms with Gasteiger partial charge in [0.25, 0.3) is 0 Å². The minimum atomic E-state index is 0.147. The summed E-state index contributed by atoms with van der Waals surface area (Å²) in [6.45, 7) is 6.93. The van der Waals surface area contributed by atoms with Crippen LogP contribution in [-0.4, -0.2) is 48.1 Å². The quantitative estimate of drug-likeness (QED) is 0.632. The van der Waals surface area contributed by atoms with Crippen molar-refractivity contribution in [3.63, 3.8) is 0 Å². The predicted molar refractivity (Wildman–Crippen MR) is 102 cm³/mol. The van der Waals surface area contributed by atoms with Crippen molar-refractivity contribution in [2.45, 2.75) is 26.4 Å². The Morgan fingerprint density at radius 1 is 1.38 bits per heavy atom. The van der Waals surface area contributed by atoms with E-state index in [0.717, 1.165) is 31.9 Å². The maximum atomic E-state index is 8.56. The van der Waals surface area contributed by atoms with Gasteiger partial charge >= 0.3 is 0 Å². The highest BCUT2D eigenvalue weighted by Gasteiger charge is 2.18. The minimum Gasteiger partial charge on any atom is -0.494 e. The summed E-state index contributed by atoms with van der Waals surface area (Å²) < 4.78 is 11.2. The van der Waals surface area contributed by atoms with E-state index in [0.29, 0.717) is 29.3 Å². The van der Waals surface area contributed by atoms with Crippen molar-refractivity contribution >= 4 is 17.2 Å². The van der Waals surface area contributed by atoms with E-state index in [2.05, 4.69) is 21.8 Å². The molecule has 1 atom stereocenters. The molecule has 138 valence electrons. The lowest BCUT2D eigenvalue weighted by molar-refractivity contribution is 0.0820. The first-order valence-electron chi connectivity index (χ1n) is 8.88. The van der Waals surface area contributed by atoms with Crippen molar-refractivity contribution in [2.75, 3.05) is 36.9 Å². The van der Waals surface area contributed by atoms with Gasteiger partial charge in [-0.1, -0.05) is 0 Å². The molecule has 0 saturated carbocycles. The van der Waals surface area contributed by atoms with Crippen LogP contribution in [0.4, 0.5) is 11.5 Å². The van der Waals surface area contributed by atoms with Gasteiger partial charge in [-0.25, -0.2) is 9.97 Å². The van der Waals surface area contributed by atoms with E-state index in [4.69, 9.17) is 20.6 Å². The van der Waals surface area contributed by atoms with Gasteiger partial charge in [0.2, 0.25) is 0 Å². The lowest BCUT2D eigenvalue weighted by Crippen LogP contribution is -2.31. The summed E-state index contributed by atoms with van der Waals surface area (Å²) in [5.74, 6) is 1.49. The van der Waals surface area contributed by atoms with Crippen molar-refractivity contribution < 1.29 is 9.47 Å². The predicted octanol–water partition coefficient (Wildman–Crippen LogP) is 2.49. The molecule has 7 heteroatoms. The molecule has 1 unspecified atom stereocenters. The van der Waals surface area contributed by atoms with Crippen LogP contribution in [0.5, 0.6) is 5.75 Å². The Morgan fingerprint density at radius 2 is 2.23 bits per heavy atom. The van der Waals surface area contributed by atoms with Crippen molar-refractivity contribution in [1.29, 1.82) is 5.41 Å². The second-order valence-corrected chi connectivity index (χ2v) is 6.30. The molecule has 7 nitrogen and oxygen atoms in total. The third-order valence-electron chi connectivity index (χ3n) is 4.29. The van der Waals surface area contributed by atoms with Crippen molar-refractivity contribution in [2.24, 2.45) is 0 Å². The largest absolute Gasteiger partial charge is 0.494 e. The third-order valence-corrected chi connectivity index (χ3v) is 4.29. The number of hydrogen-bond acceptors (Lipinski definition) is 7. The maximum absolute atomic E-state index is 8.56. The Bertz CT molecular complexity index is 780. The van der Waals surface area contributed by atoms with Crippen LogP contribution in [0.3, 0.4) is 0 Å². The number of anilines is 2. The molecule has 0 aliphatic carbocycles. The first-order valence-corrected chi connectivity index (χ1v) is 8.88. The van der Waals surface area contributed by atoms with Gasteiger partial charge in [-0.15, -0.1) is 0 Å². The molecule has 0 amide bonds. The van der Waals surface area contributed by atoms with Gasteiger partial charge in [-0.05, 0) is 38.5 Å². The van der Waals surface area contributed by atoms with Gasteiger partial charge in [0.05, 0.1) is 24.1 Å². The van der Waals surface area contributed by atoms with E-state index in [1.165, 1.54) is 6.33 Å². The fraction of sp³-hybridized carbons (Fsp3) is 0.421. The highest BCUT2D eigenvalue weighted by atomic mass is 16.5. The molecular weight excluding hydrogens is 330 g/mol. The standard InChI is InChI=1S/C19H25N5O2/c1-3-25-14-5-6-16(20)15(9-14)19(21)17-10-18(23-12-22-17)24-7-4-8-26-13(2)11-24/h5-6,9-10,12-13,21H,3-4,7-8,11,20H2,1-2H3. The molecule has 1 aliphatic rings. The SMILES string of the molecule is CCOc1ccc(N)c(C(=N)c2cc(N3CCCOC(C)C3)ncn2)c1. The molecule has 26 heavy (non-hydrogen) atoms. The highest BCUT2D eigenvalue weighted by Crippen LogP contribution is 2.23. The molecule has 1 saturated heterocycles. The van der Waals surface area contributed by atoms with Crippen molar-refractivity contribution in [3.05, 3.63) is 41.9 Å². The molecule has 3 N–H and O–H groups in total. The number of benzene rings is 1. The number of nitrogens with two attached hydrogens (primary N) is 1. The topological polar surface area (TPSA) is 97.4 Å². The number of nitrogens with one attached hydrogen (secondary N) is 1. The Balaban J connectivity index is 1.88. The summed E-state index contributed by atoms with van der Waals surface area (Å²) >= 11 is 0. The van der Waals surface area contributed by atoms with Gasteiger partial charge in [-0.2, -0.15) is 0 Å². The lowest BCUT2D eigenvalue weighted by Gasteiger charge is -2.23. The first-order chi connectivity index (χ1) is 12.6. The number of hydrogen-bond donors (Lipinski definition) is 2. The Hall–Kier alpha value is -2.67. The molecule has 1 aromatic carbocycles. The van der Waals surface area contributed by atoms with E-state index < -0.39 is 0 Å². The molecule has 1 aromatic heterocycles. The number of nitrogen functional groups attached to an aromatic ring is 1. The molecule has 3 rings (SSSR count). The normalized spacial score (nSPS) is 17.6. The van der Waals surface area contributed by atoms with Gasteiger partial charge in [0.1, 0.15) is 17.9 Å². The van der Waals surface area contributed by atoms with Crippen LogP contribution in [0.15, 0.2) is 30.6 Å². The van der Waals surface area contributed by atoms with E-state index in [-0.39, 0.29) is 11.8 Å². The van der Waals surface area contributed by atoms with Crippen molar-refractivity contribution in [1.82, 2.24) is 9.97 Å². The van der Waals surface area contributed by atoms with E-state index in [1.807, 2.05) is 13.0 Å². The number of aromatic nitrogens is 2. The first kappa shape index (κ1) is 18.1. The fourth-order valence-corrected chi connectivity index (χ4v) is 3.01. The van der Waals surface area contributed by atoms with Crippen LogP contribution in [0, 0.1) is 5.41 Å². The summed E-state index contributed by atoms with van der Waals surface area (Å²) in [5, 5.41) is 8.56. The number of rotatable bonds is 5. The monoisotopic (exact) mass is 355 g/mol. The fourth-order valence-electron chi connectivity index (χ4n) is 3.01. The molecule has 0 radical (unpaired) electrons. The molecule has 0 spiro atoms. The summed E-state index contributed by atoms with van der Waals surface area (Å²) in [4.78, 5) is 10.8. The molecular formula is C19H25N5O2. The van der Waals surface area contributed by atoms with E-state index in [1.54, 1.807) is 18.2 Å². The van der Waals surface area contributed by atoms with Crippen LogP contribution in [-0.2, 0) is 4.74 Å². The summed E-state index contributed by atoms with van der Waals surface area (Å²) in [6.07, 6.45) is 2.59. The van der Waals surface area contributed by atoms with Gasteiger partial charge < -0.3 is 20.1 Å². The molecule has 0 bridgehead atoms. The van der Waals surface area contributed by atoms with E-state index in [9.17, 15) is 0 Å².